The van der Waals surface area contributed by atoms with Crippen LogP contribution in [0.5, 0.6) is 11.5 Å². The predicted octanol–water partition coefficient (Wildman–Crippen LogP) is 3.76. The van der Waals surface area contributed by atoms with Crippen LogP contribution in [0.25, 0.3) is 0 Å². The summed E-state index contributed by atoms with van der Waals surface area (Å²) in [5.41, 5.74) is 2.49. The number of nitrogens with one attached hydrogen (secondary N) is 2. The second-order valence-corrected chi connectivity index (χ2v) is 5.73. The van der Waals surface area contributed by atoms with Crippen LogP contribution in [0.15, 0.2) is 12.1 Å². The van der Waals surface area contributed by atoms with E-state index in [-0.39, 0.29) is 11.7 Å². The summed E-state index contributed by atoms with van der Waals surface area (Å²) in [7, 11) is 2.98. The van der Waals surface area contributed by atoms with Crippen molar-refractivity contribution in [2.24, 2.45) is 0 Å². The summed E-state index contributed by atoms with van der Waals surface area (Å²) in [6, 6.07) is 3.15. The Morgan fingerprint density at radius 3 is 2.25 bits per heavy atom. The molecule has 0 saturated carbocycles. The summed E-state index contributed by atoms with van der Waals surface area (Å²) >= 11 is 6.11. The molecule has 1 aromatic heterocycles. The van der Waals surface area contributed by atoms with Gasteiger partial charge in [0.2, 0.25) is 0 Å². The smallest absolute Gasteiger partial charge is 0.257 e. The molecule has 1 aromatic carbocycles. The van der Waals surface area contributed by atoms with Crippen molar-refractivity contribution in [1.29, 1.82) is 0 Å². The number of ketones is 1. The Hall–Kier alpha value is -2.47. The molecule has 0 radical (unpaired) electrons. The first-order chi connectivity index (χ1) is 11.3. The number of Topliss-reactive ketones (excluding diaryl/α,β-unsaturated/α-hetero) is 1. The second-order valence-electron chi connectivity index (χ2n) is 5.32. The van der Waals surface area contributed by atoms with Gasteiger partial charge in [-0.2, -0.15) is 0 Å². The molecule has 1 amide bonds. The molecular formula is C17H19ClN2O4. The van der Waals surface area contributed by atoms with Crippen molar-refractivity contribution >= 4 is 29.0 Å². The fourth-order valence-corrected chi connectivity index (χ4v) is 2.83. The summed E-state index contributed by atoms with van der Waals surface area (Å²) < 4.78 is 10.4. The molecule has 2 rings (SSSR count). The molecule has 7 heteroatoms. The zero-order chi connectivity index (χ0) is 18.0. The van der Waals surface area contributed by atoms with Crippen LogP contribution in [0.2, 0.25) is 5.02 Å². The van der Waals surface area contributed by atoms with Crippen molar-refractivity contribution in [1.82, 2.24) is 4.98 Å². The third-order valence-corrected chi connectivity index (χ3v) is 4.03. The van der Waals surface area contributed by atoms with Crippen LogP contribution in [0.4, 0.5) is 5.69 Å². The third kappa shape index (κ3) is 3.23. The van der Waals surface area contributed by atoms with Gasteiger partial charge in [0.05, 0.1) is 36.2 Å². The molecule has 0 atom stereocenters. The number of hydrogen-bond acceptors (Lipinski definition) is 4. The molecule has 0 aliphatic rings. The van der Waals surface area contributed by atoms with Crippen LogP contribution >= 0.6 is 11.6 Å². The number of aryl methyl sites for hydroxylation is 1. The Kier molecular flexibility index (Phi) is 5.19. The normalized spacial score (nSPS) is 10.4. The van der Waals surface area contributed by atoms with Crippen molar-refractivity contribution in [3.8, 4) is 11.5 Å². The Morgan fingerprint density at radius 1 is 1.12 bits per heavy atom. The minimum absolute atomic E-state index is 0.125. The third-order valence-electron chi connectivity index (χ3n) is 3.74. The molecule has 0 aliphatic heterocycles. The average molecular weight is 351 g/mol. The van der Waals surface area contributed by atoms with Gasteiger partial charge < -0.3 is 19.8 Å². The number of benzene rings is 1. The Bertz CT molecular complexity index is 811. The molecule has 0 unspecified atom stereocenters. The summed E-state index contributed by atoms with van der Waals surface area (Å²) in [6.45, 7) is 4.92. The highest BCUT2D eigenvalue weighted by Crippen LogP contribution is 2.36. The van der Waals surface area contributed by atoms with E-state index in [9.17, 15) is 9.59 Å². The molecule has 0 aliphatic carbocycles. The van der Waals surface area contributed by atoms with E-state index in [1.54, 1.807) is 26.0 Å². The zero-order valence-electron chi connectivity index (χ0n) is 14.2. The van der Waals surface area contributed by atoms with Gasteiger partial charge in [0, 0.05) is 18.7 Å². The van der Waals surface area contributed by atoms with E-state index in [0.29, 0.717) is 44.7 Å². The lowest BCUT2D eigenvalue weighted by Gasteiger charge is -2.13. The van der Waals surface area contributed by atoms with Crippen LogP contribution in [0, 0.1) is 13.8 Å². The van der Waals surface area contributed by atoms with E-state index in [0.717, 1.165) is 0 Å². The van der Waals surface area contributed by atoms with Gasteiger partial charge in [0.15, 0.2) is 5.78 Å². The van der Waals surface area contributed by atoms with Gasteiger partial charge in [-0.05, 0) is 25.5 Å². The number of hydrogen-bond donors (Lipinski definition) is 2. The van der Waals surface area contributed by atoms with Gasteiger partial charge in [-0.15, -0.1) is 0 Å². The monoisotopic (exact) mass is 350 g/mol. The van der Waals surface area contributed by atoms with Crippen molar-refractivity contribution in [2.45, 2.75) is 20.8 Å². The maximum Gasteiger partial charge on any atom is 0.257 e. The van der Waals surface area contributed by atoms with E-state index in [2.05, 4.69) is 10.3 Å². The van der Waals surface area contributed by atoms with Gasteiger partial charge in [-0.3, -0.25) is 9.59 Å². The lowest BCUT2D eigenvalue weighted by molar-refractivity contribution is 0.101. The number of methoxy groups -OCH3 is 2. The summed E-state index contributed by atoms with van der Waals surface area (Å²) in [5.74, 6) is 0.384. The number of amides is 1. The van der Waals surface area contributed by atoms with Gasteiger partial charge in [-0.25, -0.2) is 0 Å². The highest BCUT2D eigenvalue weighted by atomic mass is 35.5. The first kappa shape index (κ1) is 17.9. The van der Waals surface area contributed by atoms with E-state index in [1.807, 2.05) is 0 Å². The number of aromatic amines is 1. The first-order valence-electron chi connectivity index (χ1n) is 7.23. The molecule has 2 aromatic rings. The van der Waals surface area contributed by atoms with Crippen LogP contribution < -0.4 is 14.8 Å². The maximum atomic E-state index is 12.7. The predicted molar refractivity (Wildman–Crippen MR) is 92.8 cm³/mol. The van der Waals surface area contributed by atoms with Crippen LogP contribution in [0.3, 0.4) is 0 Å². The fraction of sp³-hybridized carbons (Fsp3) is 0.294. The lowest BCUT2D eigenvalue weighted by Crippen LogP contribution is -2.14. The van der Waals surface area contributed by atoms with E-state index in [1.165, 1.54) is 21.1 Å². The molecule has 2 N–H and O–H groups in total. The quantitative estimate of drug-likeness (QED) is 0.804. The molecule has 24 heavy (non-hydrogen) atoms. The zero-order valence-corrected chi connectivity index (χ0v) is 14.9. The Balaban J connectivity index is 2.41. The summed E-state index contributed by atoms with van der Waals surface area (Å²) in [5, 5.41) is 3.12. The molecule has 1 heterocycles. The minimum atomic E-state index is -0.353. The van der Waals surface area contributed by atoms with Gasteiger partial charge in [0.25, 0.3) is 5.91 Å². The summed E-state index contributed by atoms with van der Waals surface area (Å²) in [6.07, 6.45) is 0. The number of rotatable bonds is 5. The SMILES string of the molecule is COc1cc(OC)c(NC(=O)c2c(C)[nH]c(C(C)=O)c2C)cc1Cl. The number of ether oxygens (including phenoxy) is 2. The number of H-pyrrole nitrogens is 1. The largest absolute Gasteiger partial charge is 0.495 e. The van der Waals surface area contributed by atoms with Crippen molar-refractivity contribution in [3.63, 3.8) is 0 Å². The molecular weight excluding hydrogens is 332 g/mol. The molecule has 0 spiro atoms. The standard InChI is InChI=1S/C17H19ClN2O4/c1-8-15(9(2)19-16(8)10(3)21)17(22)20-12-6-11(18)13(23-4)7-14(12)24-5/h6-7,19H,1-5H3,(H,20,22). The molecule has 0 fully saturated rings. The van der Waals surface area contributed by atoms with Crippen LogP contribution in [0.1, 0.15) is 39.0 Å². The van der Waals surface area contributed by atoms with E-state index >= 15 is 0 Å². The minimum Gasteiger partial charge on any atom is -0.495 e. The molecule has 128 valence electrons. The number of carbonyl (C=O) groups is 2. The number of anilines is 1. The van der Waals surface area contributed by atoms with E-state index < -0.39 is 0 Å². The summed E-state index contributed by atoms with van der Waals surface area (Å²) in [4.78, 5) is 27.2. The Morgan fingerprint density at radius 2 is 1.75 bits per heavy atom. The molecule has 0 saturated heterocycles. The average Bonchev–Trinajstić information content (AvgIpc) is 2.82. The highest BCUT2D eigenvalue weighted by molar-refractivity contribution is 6.32. The number of aromatic nitrogens is 1. The van der Waals surface area contributed by atoms with Crippen LogP contribution in [-0.2, 0) is 0 Å². The maximum absolute atomic E-state index is 12.7. The van der Waals surface area contributed by atoms with Crippen molar-refractivity contribution < 1.29 is 19.1 Å². The topological polar surface area (TPSA) is 80.4 Å². The number of carbonyl (C=O) groups excluding carboxylic acids is 2. The van der Waals surface area contributed by atoms with Crippen LogP contribution in [-0.4, -0.2) is 30.9 Å². The van der Waals surface area contributed by atoms with Crippen molar-refractivity contribution in [2.75, 3.05) is 19.5 Å². The highest BCUT2D eigenvalue weighted by Gasteiger charge is 2.21. The first-order valence-corrected chi connectivity index (χ1v) is 7.60. The van der Waals surface area contributed by atoms with Gasteiger partial charge >= 0.3 is 0 Å². The molecule has 0 bridgehead atoms. The van der Waals surface area contributed by atoms with Crippen molar-refractivity contribution in [3.05, 3.63) is 39.7 Å². The van der Waals surface area contributed by atoms with Gasteiger partial charge in [0.1, 0.15) is 11.5 Å². The second kappa shape index (κ2) is 6.97. The number of halogens is 1. The van der Waals surface area contributed by atoms with Gasteiger partial charge in [-0.1, -0.05) is 11.6 Å². The fourth-order valence-electron chi connectivity index (χ4n) is 2.59. The lowest BCUT2D eigenvalue weighted by atomic mass is 10.1. The molecule has 6 nitrogen and oxygen atoms in total. The van der Waals surface area contributed by atoms with E-state index in [4.69, 9.17) is 21.1 Å². The Labute approximate surface area is 145 Å².